The summed E-state index contributed by atoms with van der Waals surface area (Å²) in [6.45, 7) is 2.87. The molecule has 0 fully saturated rings. The summed E-state index contributed by atoms with van der Waals surface area (Å²) >= 11 is 0. The molecule has 0 radical (unpaired) electrons. The van der Waals surface area contributed by atoms with Crippen molar-refractivity contribution >= 4 is 11.7 Å². The van der Waals surface area contributed by atoms with Crippen LogP contribution in [-0.2, 0) is 4.79 Å². The third-order valence-electron chi connectivity index (χ3n) is 2.83. The van der Waals surface area contributed by atoms with E-state index in [0.29, 0.717) is 17.9 Å². The van der Waals surface area contributed by atoms with Gasteiger partial charge in [-0.2, -0.15) is 5.26 Å². The number of hydrogen-bond acceptors (Lipinski definition) is 3. The van der Waals surface area contributed by atoms with Crippen molar-refractivity contribution in [2.75, 3.05) is 11.9 Å². The molecule has 1 aromatic carbocycles. The zero-order chi connectivity index (χ0) is 13.4. The molecule has 0 aliphatic carbocycles. The number of carbonyl (C=O) groups is 1. The first-order valence-electron chi connectivity index (χ1n) is 6.07. The van der Waals surface area contributed by atoms with Gasteiger partial charge in [-0.25, -0.2) is 0 Å². The van der Waals surface area contributed by atoms with Gasteiger partial charge in [-0.3, -0.25) is 4.79 Å². The number of carboxylic acids is 1. The summed E-state index contributed by atoms with van der Waals surface area (Å²) in [5.74, 6) is -0.339. The zero-order valence-electron chi connectivity index (χ0n) is 10.5. The quantitative estimate of drug-likeness (QED) is 0.775. The Bertz CT molecular complexity index is 420. The van der Waals surface area contributed by atoms with E-state index in [2.05, 4.69) is 18.3 Å². The van der Waals surface area contributed by atoms with Crippen LogP contribution in [0.5, 0.6) is 0 Å². The Hall–Kier alpha value is -2.02. The van der Waals surface area contributed by atoms with E-state index in [4.69, 9.17) is 10.4 Å². The van der Waals surface area contributed by atoms with Crippen LogP contribution in [-0.4, -0.2) is 17.6 Å². The first-order valence-corrected chi connectivity index (χ1v) is 6.07. The van der Waals surface area contributed by atoms with Crippen LogP contribution in [0.2, 0.25) is 0 Å². The molecule has 0 heterocycles. The van der Waals surface area contributed by atoms with Gasteiger partial charge in [0.25, 0.3) is 0 Å². The van der Waals surface area contributed by atoms with E-state index in [1.807, 2.05) is 12.1 Å². The number of rotatable bonds is 7. The average Bonchev–Trinajstić information content (AvgIpc) is 2.37. The molecule has 1 atom stereocenters. The molecule has 0 aromatic heterocycles. The van der Waals surface area contributed by atoms with E-state index < -0.39 is 5.97 Å². The largest absolute Gasteiger partial charge is 0.481 e. The zero-order valence-corrected chi connectivity index (χ0v) is 10.5. The van der Waals surface area contributed by atoms with Gasteiger partial charge in [-0.1, -0.05) is 6.92 Å². The van der Waals surface area contributed by atoms with Crippen LogP contribution < -0.4 is 5.32 Å². The van der Waals surface area contributed by atoms with Gasteiger partial charge in [0, 0.05) is 18.7 Å². The van der Waals surface area contributed by atoms with Crippen molar-refractivity contribution in [2.24, 2.45) is 5.92 Å². The Labute approximate surface area is 107 Å². The molecule has 4 heteroatoms. The number of anilines is 1. The van der Waals surface area contributed by atoms with Gasteiger partial charge in [0.1, 0.15) is 0 Å². The SMILES string of the molecule is CC(CCNc1ccc(C#N)cc1)CCC(=O)O. The molecule has 0 aliphatic heterocycles. The van der Waals surface area contributed by atoms with Crippen LogP contribution in [0.25, 0.3) is 0 Å². The molecule has 2 N–H and O–H groups in total. The highest BCUT2D eigenvalue weighted by molar-refractivity contribution is 5.66. The fourth-order valence-corrected chi connectivity index (χ4v) is 1.64. The highest BCUT2D eigenvalue weighted by Gasteiger charge is 2.05. The Morgan fingerprint density at radius 1 is 1.39 bits per heavy atom. The second-order valence-corrected chi connectivity index (χ2v) is 4.44. The predicted octanol–water partition coefficient (Wildman–Crippen LogP) is 2.86. The van der Waals surface area contributed by atoms with Crippen molar-refractivity contribution in [3.63, 3.8) is 0 Å². The summed E-state index contributed by atoms with van der Waals surface area (Å²) < 4.78 is 0. The molecule has 0 bridgehead atoms. The van der Waals surface area contributed by atoms with E-state index in [0.717, 1.165) is 18.7 Å². The Morgan fingerprint density at radius 3 is 2.61 bits per heavy atom. The molecule has 18 heavy (non-hydrogen) atoms. The molecule has 96 valence electrons. The van der Waals surface area contributed by atoms with Crippen LogP contribution in [0.15, 0.2) is 24.3 Å². The van der Waals surface area contributed by atoms with Crippen LogP contribution >= 0.6 is 0 Å². The fraction of sp³-hybridized carbons (Fsp3) is 0.429. The Kier molecular flexibility index (Phi) is 5.72. The normalized spacial score (nSPS) is 11.6. The van der Waals surface area contributed by atoms with Gasteiger partial charge in [-0.05, 0) is 43.0 Å². The van der Waals surface area contributed by atoms with Gasteiger partial charge in [0.15, 0.2) is 0 Å². The van der Waals surface area contributed by atoms with Crippen molar-refractivity contribution in [1.82, 2.24) is 0 Å². The minimum Gasteiger partial charge on any atom is -0.481 e. The smallest absolute Gasteiger partial charge is 0.303 e. The Morgan fingerprint density at radius 2 is 2.06 bits per heavy atom. The number of benzene rings is 1. The van der Waals surface area contributed by atoms with Gasteiger partial charge >= 0.3 is 5.97 Å². The Balaban J connectivity index is 2.24. The van der Waals surface area contributed by atoms with Gasteiger partial charge in [0.05, 0.1) is 11.6 Å². The van der Waals surface area contributed by atoms with Crippen molar-refractivity contribution in [1.29, 1.82) is 5.26 Å². The number of aliphatic carboxylic acids is 1. The van der Waals surface area contributed by atoms with Gasteiger partial charge in [-0.15, -0.1) is 0 Å². The highest BCUT2D eigenvalue weighted by atomic mass is 16.4. The molecule has 0 aliphatic rings. The third kappa shape index (κ3) is 5.35. The minimum absolute atomic E-state index is 0.234. The molecule has 1 rings (SSSR count). The van der Waals surface area contributed by atoms with Gasteiger partial charge in [0.2, 0.25) is 0 Å². The summed E-state index contributed by atoms with van der Waals surface area (Å²) in [6.07, 6.45) is 1.88. The van der Waals surface area contributed by atoms with E-state index in [1.165, 1.54) is 0 Å². The topological polar surface area (TPSA) is 73.1 Å². The lowest BCUT2D eigenvalue weighted by molar-refractivity contribution is -0.137. The number of nitrogens with zero attached hydrogens (tertiary/aromatic N) is 1. The number of nitriles is 1. The molecule has 4 nitrogen and oxygen atoms in total. The van der Waals surface area contributed by atoms with E-state index in [-0.39, 0.29) is 6.42 Å². The molecule has 0 saturated heterocycles. The molecule has 1 aromatic rings. The van der Waals surface area contributed by atoms with Crippen molar-refractivity contribution < 1.29 is 9.90 Å². The molecule has 1 unspecified atom stereocenters. The van der Waals surface area contributed by atoms with Gasteiger partial charge < -0.3 is 10.4 Å². The maximum absolute atomic E-state index is 10.4. The standard InChI is InChI=1S/C14H18N2O2/c1-11(2-7-14(17)18)8-9-16-13-5-3-12(10-15)4-6-13/h3-6,11,16H,2,7-9H2,1H3,(H,17,18). The summed E-state index contributed by atoms with van der Waals surface area (Å²) in [5, 5.41) is 20.5. The van der Waals surface area contributed by atoms with E-state index in [9.17, 15) is 4.79 Å². The highest BCUT2D eigenvalue weighted by Crippen LogP contribution is 2.12. The molecular formula is C14H18N2O2. The maximum Gasteiger partial charge on any atom is 0.303 e. The summed E-state index contributed by atoms with van der Waals surface area (Å²) in [5.41, 5.74) is 1.63. The first-order chi connectivity index (χ1) is 8.61. The molecule has 0 amide bonds. The van der Waals surface area contributed by atoms with Crippen molar-refractivity contribution in [2.45, 2.75) is 26.2 Å². The van der Waals surface area contributed by atoms with Crippen molar-refractivity contribution in [3.05, 3.63) is 29.8 Å². The number of carboxylic acid groups (broad SMARTS) is 1. The average molecular weight is 246 g/mol. The lowest BCUT2D eigenvalue weighted by Gasteiger charge is -2.11. The maximum atomic E-state index is 10.4. The first kappa shape index (κ1) is 14.0. The van der Waals surface area contributed by atoms with Crippen LogP contribution in [0.4, 0.5) is 5.69 Å². The minimum atomic E-state index is -0.734. The number of hydrogen-bond donors (Lipinski definition) is 2. The summed E-state index contributed by atoms with van der Waals surface area (Å²) in [6, 6.07) is 9.37. The van der Waals surface area contributed by atoms with Crippen LogP contribution in [0.3, 0.4) is 0 Å². The number of nitrogens with one attached hydrogen (secondary N) is 1. The predicted molar refractivity (Wildman–Crippen MR) is 70.3 cm³/mol. The summed E-state index contributed by atoms with van der Waals surface area (Å²) in [7, 11) is 0. The molecular weight excluding hydrogens is 228 g/mol. The second-order valence-electron chi connectivity index (χ2n) is 4.44. The summed E-state index contributed by atoms with van der Waals surface area (Å²) in [4.78, 5) is 10.4. The molecule has 0 saturated carbocycles. The van der Waals surface area contributed by atoms with E-state index >= 15 is 0 Å². The van der Waals surface area contributed by atoms with Crippen LogP contribution in [0, 0.1) is 17.2 Å². The third-order valence-corrected chi connectivity index (χ3v) is 2.83. The van der Waals surface area contributed by atoms with Crippen LogP contribution in [0.1, 0.15) is 31.7 Å². The fourth-order valence-electron chi connectivity index (χ4n) is 1.64. The molecule has 0 spiro atoms. The van der Waals surface area contributed by atoms with E-state index in [1.54, 1.807) is 12.1 Å². The second kappa shape index (κ2) is 7.33. The monoisotopic (exact) mass is 246 g/mol. The lowest BCUT2D eigenvalue weighted by atomic mass is 10.0. The van der Waals surface area contributed by atoms with Crippen molar-refractivity contribution in [3.8, 4) is 6.07 Å². The lowest BCUT2D eigenvalue weighted by Crippen LogP contribution is -2.08.